The largest absolute Gasteiger partial charge is 0.273 e. The number of hydrogen-bond acceptors (Lipinski definition) is 4. The number of benzene rings is 1. The van der Waals surface area contributed by atoms with Gasteiger partial charge in [0.1, 0.15) is 0 Å². The van der Waals surface area contributed by atoms with Crippen molar-refractivity contribution in [1.29, 1.82) is 0 Å². The molecule has 0 unspecified atom stereocenters. The summed E-state index contributed by atoms with van der Waals surface area (Å²) in [6, 6.07) is 6.22. The average molecular weight is 256 g/mol. The molecule has 1 aromatic rings. The van der Waals surface area contributed by atoms with Crippen LogP contribution < -0.4 is 0 Å². The van der Waals surface area contributed by atoms with E-state index in [1.807, 2.05) is 0 Å². The third-order valence-corrected chi connectivity index (χ3v) is 4.64. The summed E-state index contributed by atoms with van der Waals surface area (Å²) in [6.45, 7) is 0.522. The number of para-hydroxylation sites is 1. The van der Waals surface area contributed by atoms with Crippen molar-refractivity contribution in [2.75, 3.05) is 12.3 Å². The van der Waals surface area contributed by atoms with Crippen LogP contribution >= 0.6 is 0 Å². The zero-order valence-corrected chi connectivity index (χ0v) is 9.89. The molecule has 0 atom stereocenters. The van der Waals surface area contributed by atoms with Crippen molar-refractivity contribution in [1.82, 2.24) is 4.31 Å². The number of nitrogens with zero attached hydrogens (tertiary/aromatic N) is 2. The Labute approximate surface area is 99.1 Å². The van der Waals surface area contributed by atoms with Crippen molar-refractivity contribution in [3.63, 3.8) is 0 Å². The monoisotopic (exact) mass is 256 g/mol. The van der Waals surface area contributed by atoms with Crippen LogP contribution in [0.4, 0.5) is 5.69 Å². The Bertz CT molecular complexity index is 541. The fraction of sp³-hybridized carbons (Fsp3) is 0.400. The van der Waals surface area contributed by atoms with Gasteiger partial charge in [0.2, 0.25) is 10.0 Å². The summed E-state index contributed by atoms with van der Waals surface area (Å²) in [4.78, 5) is 10.3. The standard InChI is InChI=1S/C10H12N2O4S/c13-12(14)10-5-2-1-4-9(10)8-11-6-3-7-17(11,15)16/h1-2,4-5H,3,6-8H2. The quantitative estimate of drug-likeness (QED) is 0.599. The Balaban J connectivity index is 2.28. The van der Waals surface area contributed by atoms with Gasteiger partial charge in [0.25, 0.3) is 5.69 Å². The Morgan fingerprint density at radius 2 is 2.06 bits per heavy atom. The van der Waals surface area contributed by atoms with Crippen LogP contribution in [0.5, 0.6) is 0 Å². The summed E-state index contributed by atoms with van der Waals surface area (Å²) >= 11 is 0. The molecule has 0 N–H and O–H groups in total. The zero-order chi connectivity index (χ0) is 12.5. The van der Waals surface area contributed by atoms with Crippen molar-refractivity contribution in [2.24, 2.45) is 0 Å². The molecule has 1 aliphatic rings. The predicted octanol–water partition coefficient (Wildman–Crippen LogP) is 1.13. The highest BCUT2D eigenvalue weighted by molar-refractivity contribution is 7.89. The summed E-state index contributed by atoms with van der Waals surface area (Å²) in [5.74, 6) is 0.133. The molecule has 1 fully saturated rings. The molecule has 0 amide bonds. The lowest BCUT2D eigenvalue weighted by atomic mass is 10.2. The van der Waals surface area contributed by atoms with Crippen LogP contribution in [0.25, 0.3) is 0 Å². The molecule has 1 saturated heterocycles. The fourth-order valence-corrected chi connectivity index (χ4v) is 3.38. The number of nitro groups is 1. The molecule has 0 saturated carbocycles. The summed E-state index contributed by atoms with van der Waals surface area (Å²) < 4.78 is 24.5. The Morgan fingerprint density at radius 1 is 1.35 bits per heavy atom. The van der Waals surface area contributed by atoms with E-state index in [0.29, 0.717) is 18.5 Å². The molecule has 92 valence electrons. The van der Waals surface area contributed by atoms with Gasteiger partial charge in [-0.05, 0) is 6.42 Å². The van der Waals surface area contributed by atoms with Gasteiger partial charge in [-0.2, -0.15) is 4.31 Å². The van der Waals surface area contributed by atoms with Gasteiger partial charge in [-0.25, -0.2) is 8.42 Å². The van der Waals surface area contributed by atoms with Gasteiger partial charge in [-0.15, -0.1) is 0 Å². The molecule has 7 heteroatoms. The molecule has 6 nitrogen and oxygen atoms in total. The molecule has 0 aliphatic carbocycles. The topological polar surface area (TPSA) is 80.5 Å². The molecule has 1 heterocycles. The molecule has 0 radical (unpaired) electrons. The van der Waals surface area contributed by atoms with Crippen LogP contribution in [0, 0.1) is 10.1 Å². The molecule has 2 rings (SSSR count). The third-order valence-electron chi connectivity index (χ3n) is 2.74. The maximum absolute atomic E-state index is 11.6. The van der Waals surface area contributed by atoms with Crippen molar-refractivity contribution < 1.29 is 13.3 Å². The van der Waals surface area contributed by atoms with E-state index in [2.05, 4.69) is 0 Å². The SMILES string of the molecule is O=[N+]([O-])c1ccccc1CN1CCCS1(=O)=O. The fourth-order valence-electron chi connectivity index (χ4n) is 1.88. The summed E-state index contributed by atoms with van der Waals surface area (Å²) in [5.41, 5.74) is 0.401. The lowest BCUT2D eigenvalue weighted by Gasteiger charge is -2.13. The van der Waals surface area contributed by atoms with Gasteiger partial charge in [-0.1, -0.05) is 18.2 Å². The molecular formula is C10H12N2O4S. The smallest absolute Gasteiger partial charge is 0.258 e. The van der Waals surface area contributed by atoms with Crippen LogP contribution in [-0.2, 0) is 16.6 Å². The first-order valence-electron chi connectivity index (χ1n) is 5.21. The first-order chi connectivity index (χ1) is 8.00. The van der Waals surface area contributed by atoms with E-state index in [4.69, 9.17) is 0 Å². The minimum absolute atomic E-state index is 0.0328. The maximum Gasteiger partial charge on any atom is 0.273 e. The molecule has 0 bridgehead atoms. The molecule has 17 heavy (non-hydrogen) atoms. The predicted molar refractivity (Wildman–Crippen MR) is 61.9 cm³/mol. The van der Waals surface area contributed by atoms with Gasteiger partial charge < -0.3 is 0 Å². The number of hydrogen-bond donors (Lipinski definition) is 0. The lowest BCUT2D eigenvalue weighted by Crippen LogP contribution is -2.25. The lowest BCUT2D eigenvalue weighted by molar-refractivity contribution is -0.385. The van der Waals surface area contributed by atoms with Crippen molar-refractivity contribution in [3.05, 3.63) is 39.9 Å². The second kappa shape index (κ2) is 4.42. The Hall–Kier alpha value is -1.47. The highest BCUT2D eigenvalue weighted by Crippen LogP contribution is 2.23. The third kappa shape index (κ3) is 2.45. The van der Waals surface area contributed by atoms with E-state index in [0.717, 1.165) is 0 Å². The van der Waals surface area contributed by atoms with Crippen molar-refractivity contribution in [3.8, 4) is 0 Å². The number of sulfonamides is 1. The summed E-state index contributed by atoms with van der Waals surface area (Å²) in [7, 11) is -3.22. The van der Waals surface area contributed by atoms with Crippen LogP contribution in [0.2, 0.25) is 0 Å². The van der Waals surface area contributed by atoms with E-state index in [1.54, 1.807) is 18.2 Å². The number of nitro benzene ring substituents is 1. The average Bonchev–Trinajstić information content (AvgIpc) is 2.59. The van der Waals surface area contributed by atoms with Crippen LogP contribution in [-0.4, -0.2) is 29.9 Å². The van der Waals surface area contributed by atoms with Crippen molar-refractivity contribution >= 4 is 15.7 Å². The van der Waals surface area contributed by atoms with Gasteiger partial charge in [0, 0.05) is 24.7 Å². The first-order valence-corrected chi connectivity index (χ1v) is 6.82. The van der Waals surface area contributed by atoms with Crippen LogP contribution in [0.3, 0.4) is 0 Å². The maximum atomic E-state index is 11.6. The summed E-state index contributed by atoms with van der Waals surface area (Å²) in [6.07, 6.45) is 0.586. The minimum atomic E-state index is -3.22. The normalized spacial score (nSPS) is 19.3. The Morgan fingerprint density at radius 3 is 2.65 bits per heavy atom. The molecule has 0 aromatic heterocycles. The number of rotatable bonds is 3. The second-order valence-corrected chi connectivity index (χ2v) is 5.98. The molecule has 0 spiro atoms. The highest BCUT2D eigenvalue weighted by Gasteiger charge is 2.29. The van der Waals surface area contributed by atoms with Crippen LogP contribution in [0.15, 0.2) is 24.3 Å². The molecule has 1 aliphatic heterocycles. The van der Waals surface area contributed by atoms with E-state index < -0.39 is 14.9 Å². The van der Waals surface area contributed by atoms with E-state index in [-0.39, 0.29) is 18.0 Å². The van der Waals surface area contributed by atoms with Gasteiger partial charge >= 0.3 is 0 Å². The van der Waals surface area contributed by atoms with Crippen LogP contribution in [0.1, 0.15) is 12.0 Å². The van der Waals surface area contributed by atoms with E-state index >= 15 is 0 Å². The van der Waals surface area contributed by atoms with Crippen molar-refractivity contribution in [2.45, 2.75) is 13.0 Å². The van der Waals surface area contributed by atoms with E-state index in [1.165, 1.54) is 10.4 Å². The Kier molecular flexibility index (Phi) is 3.12. The molecule has 1 aromatic carbocycles. The van der Waals surface area contributed by atoms with E-state index in [9.17, 15) is 18.5 Å². The molecular weight excluding hydrogens is 244 g/mol. The second-order valence-electron chi connectivity index (χ2n) is 3.89. The minimum Gasteiger partial charge on any atom is -0.258 e. The zero-order valence-electron chi connectivity index (χ0n) is 9.07. The first kappa shape index (κ1) is 12.0. The van der Waals surface area contributed by atoms with Gasteiger partial charge in [0.15, 0.2) is 0 Å². The summed E-state index contributed by atoms with van der Waals surface area (Å²) in [5, 5.41) is 10.8. The highest BCUT2D eigenvalue weighted by atomic mass is 32.2. The van der Waals surface area contributed by atoms with Gasteiger partial charge in [-0.3, -0.25) is 10.1 Å². The van der Waals surface area contributed by atoms with Gasteiger partial charge in [0.05, 0.1) is 10.7 Å².